The molecule has 0 atom stereocenters. The quantitative estimate of drug-likeness (QED) is 0.547. The smallest absolute Gasteiger partial charge is 0.293 e. The molecule has 1 N–H and O–H groups in total. The molecule has 1 aliphatic rings. The Hall–Kier alpha value is -2.69. The van der Waals surface area contributed by atoms with Gasteiger partial charge in [0.2, 0.25) is 11.9 Å². The van der Waals surface area contributed by atoms with Crippen molar-refractivity contribution in [2.75, 3.05) is 5.32 Å². The molecule has 1 aromatic carbocycles. The van der Waals surface area contributed by atoms with Crippen molar-refractivity contribution in [3.05, 3.63) is 58.1 Å². The summed E-state index contributed by atoms with van der Waals surface area (Å²) in [5.41, 5.74) is 0.587. The number of aromatic nitrogens is 5. The Bertz CT molecular complexity index is 1040. The summed E-state index contributed by atoms with van der Waals surface area (Å²) in [7, 11) is 0. The molecular formula is C19H18BrF3N6O. The lowest BCUT2D eigenvalue weighted by Gasteiger charge is -2.06. The summed E-state index contributed by atoms with van der Waals surface area (Å²) < 4.78 is 42.3. The first kappa shape index (κ1) is 20.6. The number of halogens is 4. The first-order valence-electron chi connectivity index (χ1n) is 9.38. The molecule has 1 saturated carbocycles. The molecular weight excluding hydrogens is 465 g/mol. The maximum Gasteiger partial charge on any atom is 0.436 e. The zero-order chi connectivity index (χ0) is 21.3. The predicted molar refractivity (Wildman–Crippen MR) is 106 cm³/mol. The summed E-state index contributed by atoms with van der Waals surface area (Å²) in [6.07, 6.45) is -1.45. The molecule has 2 aromatic heterocycles. The van der Waals surface area contributed by atoms with Crippen LogP contribution < -0.4 is 5.32 Å². The second kappa shape index (κ2) is 8.21. The molecule has 158 valence electrons. The zero-order valence-corrected chi connectivity index (χ0v) is 17.3. The summed E-state index contributed by atoms with van der Waals surface area (Å²) >= 11 is 3.04. The van der Waals surface area contributed by atoms with Gasteiger partial charge in [-0.1, -0.05) is 30.3 Å². The molecule has 30 heavy (non-hydrogen) atoms. The number of hydrogen-bond donors (Lipinski definition) is 1. The molecule has 3 aromatic rings. The Morgan fingerprint density at radius 2 is 1.93 bits per heavy atom. The molecule has 1 amide bonds. The molecule has 1 fully saturated rings. The van der Waals surface area contributed by atoms with E-state index in [4.69, 9.17) is 0 Å². The highest BCUT2D eigenvalue weighted by Gasteiger charge is 2.41. The number of hydrogen-bond acceptors (Lipinski definition) is 4. The van der Waals surface area contributed by atoms with E-state index in [0.29, 0.717) is 12.2 Å². The van der Waals surface area contributed by atoms with E-state index < -0.39 is 17.8 Å². The van der Waals surface area contributed by atoms with Gasteiger partial charge in [0.1, 0.15) is 6.33 Å². The van der Waals surface area contributed by atoms with Gasteiger partial charge < -0.3 is 0 Å². The first-order valence-corrected chi connectivity index (χ1v) is 10.2. The van der Waals surface area contributed by atoms with E-state index in [2.05, 4.69) is 36.4 Å². The van der Waals surface area contributed by atoms with Crippen LogP contribution in [0.5, 0.6) is 0 Å². The number of nitrogens with zero attached hydrogens (tertiary/aromatic N) is 5. The molecule has 0 spiro atoms. The van der Waals surface area contributed by atoms with Crippen molar-refractivity contribution in [3.8, 4) is 0 Å². The second-order valence-corrected chi connectivity index (χ2v) is 7.89. The van der Waals surface area contributed by atoms with Crippen LogP contribution in [0.15, 0.2) is 41.1 Å². The van der Waals surface area contributed by atoms with E-state index >= 15 is 0 Å². The van der Waals surface area contributed by atoms with Gasteiger partial charge >= 0.3 is 6.18 Å². The van der Waals surface area contributed by atoms with Gasteiger partial charge in [-0.05, 0) is 34.3 Å². The Morgan fingerprint density at radius 1 is 1.20 bits per heavy atom. The predicted octanol–water partition coefficient (Wildman–Crippen LogP) is 4.21. The summed E-state index contributed by atoms with van der Waals surface area (Å²) in [5, 5.41) is 10.5. The van der Waals surface area contributed by atoms with Crippen molar-refractivity contribution in [1.82, 2.24) is 24.5 Å². The van der Waals surface area contributed by atoms with Crippen LogP contribution in [-0.4, -0.2) is 30.5 Å². The van der Waals surface area contributed by atoms with Gasteiger partial charge in [0.15, 0.2) is 5.69 Å². The van der Waals surface area contributed by atoms with E-state index in [9.17, 15) is 18.0 Å². The largest absolute Gasteiger partial charge is 0.436 e. The monoisotopic (exact) mass is 482 g/mol. The van der Waals surface area contributed by atoms with Crippen molar-refractivity contribution in [2.24, 2.45) is 0 Å². The van der Waals surface area contributed by atoms with Crippen LogP contribution >= 0.6 is 15.9 Å². The van der Waals surface area contributed by atoms with E-state index in [1.165, 1.54) is 11.0 Å². The number of benzene rings is 1. The fraction of sp³-hybridized carbons (Fsp3) is 0.368. The normalized spacial score (nSPS) is 14.1. The molecule has 2 heterocycles. The molecule has 4 rings (SSSR count). The maximum absolute atomic E-state index is 13.2. The summed E-state index contributed by atoms with van der Waals surface area (Å²) in [6.45, 7) is 0.549. The molecule has 0 saturated heterocycles. The van der Waals surface area contributed by atoms with Crippen LogP contribution in [0, 0.1) is 0 Å². The highest BCUT2D eigenvalue weighted by atomic mass is 79.9. The average Bonchev–Trinajstić information content (AvgIpc) is 3.34. The van der Waals surface area contributed by atoms with Crippen LogP contribution in [0.4, 0.5) is 19.1 Å². The summed E-state index contributed by atoms with van der Waals surface area (Å²) in [4.78, 5) is 16.3. The fourth-order valence-electron chi connectivity index (χ4n) is 3.14. The van der Waals surface area contributed by atoms with E-state index in [0.717, 1.165) is 18.4 Å². The van der Waals surface area contributed by atoms with Crippen molar-refractivity contribution >= 4 is 27.8 Å². The molecule has 1 aliphatic carbocycles. The lowest BCUT2D eigenvalue weighted by Crippen LogP contribution is -2.17. The second-order valence-electron chi connectivity index (χ2n) is 7.09. The average molecular weight is 483 g/mol. The van der Waals surface area contributed by atoms with Crippen molar-refractivity contribution in [1.29, 1.82) is 0 Å². The number of carbonyl (C=O) groups is 1. The zero-order valence-electron chi connectivity index (χ0n) is 15.7. The number of anilines is 1. The van der Waals surface area contributed by atoms with E-state index in [-0.39, 0.29) is 29.3 Å². The number of carbonyl (C=O) groups excluding carboxylic acids is 1. The summed E-state index contributed by atoms with van der Waals surface area (Å²) in [5.74, 6) is -0.202. The van der Waals surface area contributed by atoms with E-state index in [1.54, 1.807) is 4.68 Å². The summed E-state index contributed by atoms with van der Waals surface area (Å²) in [6, 6.07) is 9.66. The van der Waals surface area contributed by atoms with Gasteiger partial charge in [0.05, 0.1) is 23.3 Å². The van der Waals surface area contributed by atoms with Gasteiger partial charge in [-0.3, -0.25) is 14.8 Å². The minimum absolute atomic E-state index is 0.0285. The van der Waals surface area contributed by atoms with Crippen LogP contribution in [0.2, 0.25) is 0 Å². The Morgan fingerprint density at radius 3 is 2.60 bits per heavy atom. The van der Waals surface area contributed by atoms with Crippen molar-refractivity contribution < 1.29 is 18.0 Å². The standard InChI is InChI=1S/C19H18BrF3N6O/c20-15-16(13-6-7-13)29(26-17(15)19(21,22)23)9-8-14(30)25-18-24-11-28(27-18)10-12-4-2-1-3-5-12/h1-5,11,13H,6-10H2,(H,25,27,30). The third kappa shape index (κ3) is 4.72. The van der Waals surface area contributed by atoms with Gasteiger partial charge in [0, 0.05) is 12.3 Å². The van der Waals surface area contributed by atoms with Gasteiger partial charge in [-0.25, -0.2) is 9.67 Å². The Balaban J connectivity index is 1.38. The van der Waals surface area contributed by atoms with Crippen LogP contribution in [-0.2, 0) is 24.1 Å². The number of amides is 1. The minimum Gasteiger partial charge on any atom is -0.293 e. The van der Waals surface area contributed by atoms with Gasteiger partial charge in [0.25, 0.3) is 0 Å². The molecule has 11 heteroatoms. The Labute approximate surface area is 178 Å². The molecule has 0 bridgehead atoms. The van der Waals surface area contributed by atoms with Crippen molar-refractivity contribution in [3.63, 3.8) is 0 Å². The lowest BCUT2D eigenvalue weighted by atomic mass is 10.2. The van der Waals surface area contributed by atoms with Crippen molar-refractivity contribution in [2.45, 2.75) is 44.4 Å². The van der Waals surface area contributed by atoms with E-state index in [1.807, 2.05) is 30.3 Å². The lowest BCUT2D eigenvalue weighted by molar-refractivity contribution is -0.142. The molecule has 0 radical (unpaired) electrons. The van der Waals surface area contributed by atoms with Crippen LogP contribution in [0.25, 0.3) is 0 Å². The number of aryl methyl sites for hydroxylation is 1. The topological polar surface area (TPSA) is 77.6 Å². The van der Waals surface area contributed by atoms with Crippen LogP contribution in [0.3, 0.4) is 0 Å². The third-order valence-corrected chi connectivity index (χ3v) is 5.47. The molecule has 7 nitrogen and oxygen atoms in total. The SMILES string of the molecule is O=C(CCn1nc(C(F)(F)F)c(Br)c1C1CC1)Nc1ncn(Cc2ccccc2)n1. The maximum atomic E-state index is 13.2. The third-order valence-electron chi connectivity index (χ3n) is 4.69. The highest BCUT2D eigenvalue weighted by Crippen LogP contribution is 2.47. The van der Waals surface area contributed by atoms with Gasteiger partial charge in [-0.15, -0.1) is 5.10 Å². The first-order chi connectivity index (χ1) is 14.3. The Kier molecular flexibility index (Phi) is 5.63. The molecule has 0 aliphatic heterocycles. The fourth-order valence-corrected chi connectivity index (χ4v) is 3.98. The number of alkyl halides is 3. The van der Waals surface area contributed by atoms with Gasteiger partial charge in [-0.2, -0.15) is 18.3 Å². The highest BCUT2D eigenvalue weighted by molar-refractivity contribution is 9.10. The number of nitrogens with one attached hydrogen (secondary N) is 1. The van der Waals surface area contributed by atoms with Crippen LogP contribution in [0.1, 0.15) is 42.1 Å². The minimum atomic E-state index is -4.55. The number of rotatable bonds is 7. The molecule has 0 unspecified atom stereocenters.